The number of rotatable bonds is 7. The molecule has 1 saturated carbocycles. The molecule has 9 rings (SSSR count). The molecule has 6 nitrogen and oxygen atoms in total. The first-order valence-electron chi connectivity index (χ1n) is 21.2. The number of pyridine rings is 1. The molecular weight excluding hydrogens is 724 g/mol. The Morgan fingerprint density at radius 1 is 0.964 bits per heavy atom. The third kappa shape index (κ3) is 5.88. The van der Waals surface area contributed by atoms with Crippen LogP contribution in [0.4, 0.5) is 19.0 Å². The standard InChI is InChI=1S/C46H56F3N5OSi/c1-26(2)56(27(3)4,28(5)6)19-16-34-36(48)15-14-31-10-8-11-35(38(31)34)41-40(49)42-39-37(50-41)20-29(7)43-32-13-12-30(21-32)23-54(43)44(39)52-45(51-42)55-25-46-17-9-18-53(46)24-33(47)22-46/h8,10-11,14-15,26-30,32-33,43H,9,12-13,17-18,20-25H2,1-7H3/t29-,30+,32-,33-,43-,46+/m1/s1. The van der Waals surface area contributed by atoms with Gasteiger partial charge in [0.1, 0.15) is 43.7 Å². The molecule has 2 bridgehead atoms. The summed E-state index contributed by atoms with van der Waals surface area (Å²) in [7, 11) is -2.23. The van der Waals surface area contributed by atoms with E-state index in [1.165, 1.54) is 25.3 Å². The van der Waals surface area contributed by atoms with E-state index in [1.807, 2.05) is 18.2 Å². The maximum absolute atomic E-state index is 17.7. The summed E-state index contributed by atoms with van der Waals surface area (Å²) < 4.78 is 55.2. The fourth-order valence-electron chi connectivity index (χ4n) is 12.4. The minimum absolute atomic E-state index is 0.122. The van der Waals surface area contributed by atoms with E-state index in [1.54, 1.807) is 6.07 Å². The normalized spacial score (nSPS) is 27.3. The number of benzene rings is 2. The van der Waals surface area contributed by atoms with Crippen molar-refractivity contribution in [1.29, 1.82) is 0 Å². The summed E-state index contributed by atoms with van der Waals surface area (Å²) in [5.74, 6) is 4.45. The number of anilines is 1. The zero-order valence-electron chi connectivity index (χ0n) is 34.1. The highest BCUT2D eigenvalue weighted by Crippen LogP contribution is 2.50. The van der Waals surface area contributed by atoms with Gasteiger partial charge in [-0.1, -0.05) is 78.7 Å². The number of alkyl halides is 1. The van der Waals surface area contributed by atoms with Crippen molar-refractivity contribution < 1.29 is 17.9 Å². The zero-order chi connectivity index (χ0) is 39.3. The van der Waals surface area contributed by atoms with Crippen LogP contribution in [0.25, 0.3) is 32.9 Å². The lowest BCUT2D eigenvalue weighted by Gasteiger charge is -2.43. The fourth-order valence-corrected chi connectivity index (χ4v) is 17.6. The third-order valence-corrected chi connectivity index (χ3v) is 21.1. The monoisotopic (exact) mass is 779 g/mol. The summed E-state index contributed by atoms with van der Waals surface area (Å²) >= 11 is 0. The second-order valence-electron chi connectivity index (χ2n) is 18.9. The molecule has 0 unspecified atom stereocenters. The van der Waals surface area contributed by atoms with E-state index < -0.39 is 31.4 Å². The molecule has 296 valence electrons. The molecule has 0 spiro atoms. The lowest BCUT2D eigenvalue weighted by Crippen LogP contribution is -2.49. The second-order valence-corrected chi connectivity index (χ2v) is 24.5. The van der Waals surface area contributed by atoms with Crippen LogP contribution in [0.2, 0.25) is 16.6 Å². The Morgan fingerprint density at radius 2 is 1.75 bits per heavy atom. The minimum atomic E-state index is -2.23. The van der Waals surface area contributed by atoms with Crippen molar-refractivity contribution in [2.75, 3.05) is 31.1 Å². The van der Waals surface area contributed by atoms with Crippen molar-refractivity contribution in [3.63, 3.8) is 0 Å². The highest BCUT2D eigenvalue weighted by atomic mass is 28.3. The first-order valence-corrected chi connectivity index (χ1v) is 23.5. The van der Waals surface area contributed by atoms with E-state index in [0.29, 0.717) is 75.6 Å². The quantitative estimate of drug-likeness (QED) is 0.138. The van der Waals surface area contributed by atoms with Crippen molar-refractivity contribution in [2.24, 2.45) is 17.8 Å². The summed E-state index contributed by atoms with van der Waals surface area (Å²) in [6, 6.07) is 9.27. The predicted octanol–water partition coefficient (Wildman–Crippen LogP) is 10.4. The van der Waals surface area contributed by atoms with Gasteiger partial charge in [0.2, 0.25) is 0 Å². The van der Waals surface area contributed by atoms with Crippen LogP contribution < -0.4 is 9.64 Å². The maximum atomic E-state index is 17.7. The van der Waals surface area contributed by atoms with Gasteiger partial charge in [-0.15, -0.1) is 5.54 Å². The molecule has 4 aromatic rings. The summed E-state index contributed by atoms with van der Waals surface area (Å²) in [5, 5.41) is 2.00. The lowest BCUT2D eigenvalue weighted by atomic mass is 9.82. The Bertz CT molecular complexity index is 2250. The Morgan fingerprint density at radius 3 is 2.52 bits per heavy atom. The lowest BCUT2D eigenvalue weighted by molar-refractivity contribution is 0.107. The molecule has 0 amide bonds. The Kier molecular flexibility index (Phi) is 9.47. The van der Waals surface area contributed by atoms with Crippen molar-refractivity contribution in [3.05, 3.63) is 53.2 Å². The third-order valence-electron chi connectivity index (χ3n) is 14.8. The van der Waals surface area contributed by atoms with Crippen LogP contribution in [0.3, 0.4) is 0 Å². The van der Waals surface area contributed by atoms with E-state index in [-0.39, 0.29) is 35.8 Å². The number of hydrogen-bond acceptors (Lipinski definition) is 6. The van der Waals surface area contributed by atoms with Crippen LogP contribution >= 0.6 is 0 Å². The van der Waals surface area contributed by atoms with Gasteiger partial charge in [0.15, 0.2) is 5.82 Å². The van der Waals surface area contributed by atoms with Gasteiger partial charge < -0.3 is 9.64 Å². The van der Waals surface area contributed by atoms with E-state index in [9.17, 15) is 4.39 Å². The molecule has 6 heterocycles. The van der Waals surface area contributed by atoms with Crippen LogP contribution in [0.5, 0.6) is 6.01 Å². The van der Waals surface area contributed by atoms with Crippen LogP contribution in [0, 0.1) is 40.9 Å². The fraction of sp³-hybridized carbons (Fsp3) is 0.587. The van der Waals surface area contributed by atoms with Crippen molar-refractivity contribution in [1.82, 2.24) is 19.9 Å². The average molecular weight is 780 g/mol. The Balaban J connectivity index is 1.24. The first-order chi connectivity index (χ1) is 26.8. The topological polar surface area (TPSA) is 54.4 Å². The molecule has 6 atom stereocenters. The van der Waals surface area contributed by atoms with E-state index in [0.717, 1.165) is 37.0 Å². The second kappa shape index (κ2) is 14.0. The SMILES string of the molecule is CC(C)[Si](C#Cc1c(F)ccc2cccc(-c3nc4c5c(nc(OC[C@@]67CCCN6C[C@H](F)C7)nc5c3F)N3C[C@H]5CC[C@H](C5)[C@H]3[C@H](C)C4)c12)(C(C)C)C(C)C. The molecule has 4 aliphatic heterocycles. The van der Waals surface area contributed by atoms with Crippen LogP contribution in [-0.4, -0.2) is 71.9 Å². The molecule has 0 radical (unpaired) electrons. The van der Waals surface area contributed by atoms with Gasteiger partial charge in [-0.2, -0.15) is 9.97 Å². The molecule has 56 heavy (non-hydrogen) atoms. The minimum Gasteiger partial charge on any atom is -0.461 e. The van der Waals surface area contributed by atoms with Gasteiger partial charge in [-0.05, 0) is 90.9 Å². The number of ether oxygens (including phenoxy) is 1. The molecule has 5 aliphatic rings. The molecule has 1 aliphatic carbocycles. The number of aromatic nitrogens is 3. The maximum Gasteiger partial charge on any atom is 0.319 e. The molecule has 2 aromatic heterocycles. The van der Waals surface area contributed by atoms with E-state index >= 15 is 8.78 Å². The van der Waals surface area contributed by atoms with Crippen molar-refractivity contribution in [2.45, 2.75) is 128 Å². The molecule has 10 heteroatoms. The van der Waals surface area contributed by atoms with Crippen molar-refractivity contribution in [3.8, 4) is 28.7 Å². The van der Waals surface area contributed by atoms with E-state index in [2.05, 4.69) is 69.7 Å². The number of halogens is 3. The van der Waals surface area contributed by atoms with Gasteiger partial charge in [0, 0.05) is 36.5 Å². The van der Waals surface area contributed by atoms with Gasteiger partial charge in [-0.3, -0.25) is 4.90 Å². The highest BCUT2D eigenvalue weighted by Gasteiger charge is 2.50. The van der Waals surface area contributed by atoms with E-state index in [4.69, 9.17) is 19.7 Å². The van der Waals surface area contributed by atoms with Crippen LogP contribution in [0.1, 0.15) is 98.2 Å². The highest BCUT2D eigenvalue weighted by molar-refractivity contribution is 6.90. The predicted molar refractivity (Wildman–Crippen MR) is 221 cm³/mol. The van der Waals surface area contributed by atoms with Gasteiger partial charge in [0.05, 0.1) is 22.2 Å². The zero-order valence-corrected chi connectivity index (χ0v) is 35.1. The van der Waals surface area contributed by atoms with Crippen LogP contribution in [-0.2, 0) is 6.42 Å². The number of piperidine rings is 1. The average Bonchev–Trinajstić information content (AvgIpc) is 3.80. The van der Waals surface area contributed by atoms with Gasteiger partial charge >= 0.3 is 6.01 Å². The Hall–Kier alpha value is -3.68. The van der Waals surface area contributed by atoms with Crippen LogP contribution in [0.15, 0.2) is 30.3 Å². The summed E-state index contributed by atoms with van der Waals surface area (Å²) in [4.78, 5) is 19.8. The van der Waals surface area contributed by atoms with Gasteiger partial charge in [0.25, 0.3) is 0 Å². The number of fused-ring (bicyclic) bond motifs is 7. The molecule has 0 N–H and O–H groups in total. The number of nitrogens with zero attached hydrogens (tertiary/aromatic N) is 5. The summed E-state index contributed by atoms with van der Waals surface area (Å²) in [6.07, 6.45) is 5.61. The Labute approximate surface area is 331 Å². The van der Waals surface area contributed by atoms with Gasteiger partial charge in [-0.25, -0.2) is 18.2 Å². The molecular formula is C46H56F3N5OSi. The molecule has 2 aromatic carbocycles. The molecule has 4 fully saturated rings. The van der Waals surface area contributed by atoms with Crippen molar-refractivity contribution >= 4 is 35.6 Å². The largest absolute Gasteiger partial charge is 0.461 e. The number of hydrogen-bond donors (Lipinski definition) is 0. The smallest absolute Gasteiger partial charge is 0.319 e. The summed E-state index contributed by atoms with van der Waals surface area (Å²) in [5.41, 5.74) is 6.32. The first kappa shape index (κ1) is 37.9. The molecule has 3 saturated heterocycles. The summed E-state index contributed by atoms with van der Waals surface area (Å²) in [6.45, 7) is 18.2.